The average Bonchev–Trinajstić information content (AvgIpc) is 3.10. The summed E-state index contributed by atoms with van der Waals surface area (Å²) < 4.78 is 11.0. The van der Waals surface area contributed by atoms with E-state index in [9.17, 15) is 4.79 Å². The molecule has 4 rings (SSSR count). The standard InChI is InChI=1S/C23H16ClNO3/c24-19-10-6-17(7-11-19)15-27-20-12-8-16(9-13-20)14-21-23(26)28-22(25-21)18-4-2-1-3-5-18/h1-14H,15H2. The third-order valence-electron chi connectivity index (χ3n) is 4.14. The molecule has 0 aromatic heterocycles. The van der Waals surface area contributed by atoms with Gasteiger partial charge in [-0.1, -0.05) is 54.1 Å². The highest BCUT2D eigenvalue weighted by atomic mass is 35.5. The molecule has 0 N–H and O–H groups in total. The number of aliphatic imine (C=N–C) groups is 1. The highest BCUT2D eigenvalue weighted by molar-refractivity contribution is 6.30. The fourth-order valence-electron chi connectivity index (χ4n) is 2.68. The topological polar surface area (TPSA) is 47.9 Å². The van der Waals surface area contributed by atoms with E-state index in [0.29, 0.717) is 17.5 Å². The van der Waals surface area contributed by atoms with E-state index in [-0.39, 0.29) is 5.70 Å². The van der Waals surface area contributed by atoms with Crippen molar-refractivity contribution in [2.75, 3.05) is 0 Å². The maximum Gasteiger partial charge on any atom is 0.363 e. The number of halogens is 1. The third-order valence-corrected chi connectivity index (χ3v) is 4.40. The van der Waals surface area contributed by atoms with Crippen LogP contribution in [0.2, 0.25) is 5.02 Å². The lowest BCUT2D eigenvalue weighted by Crippen LogP contribution is -2.04. The van der Waals surface area contributed by atoms with Crippen molar-refractivity contribution in [2.24, 2.45) is 4.99 Å². The Morgan fingerprint density at radius 3 is 2.36 bits per heavy atom. The Labute approximate surface area is 167 Å². The monoisotopic (exact) mass is 389 g/mol. The Kier molecular flexibility index (Phi) is 5.22. The third kappa shape index (κ3) is 4.30. The molecule has 0 atom stereocenters. The van der Waals surface area contributed by atoms with E-state index in [1.807, 2.05) is 78.9 Å². The number of benzene rings is 3. The van der Waals surface area contributed by atoms with Crippen LogP contribution in [0.25, 0.3) is 6.08 Å². The second-order valence-corrected chi connectivity index (χ2v) is 6.62. The molecule has 1 aliphatic rings. The van der Waals surface area contributed by atoms with Crippen molar-refractivity contribution in [2.45, 2.75) is 6.61 Å². The molecule has 5 heteroatoms. The van der Waals surface area contributed by atoms with Crippen LogP contribution < -0.4 is 4.74 Å². The Morgan fingerprint density at radius 1 is 0.929 bits per heavy atom. The first-order valence-electron chi connectivity index (χ1n) is 8.73. The van der Waals surface area contributed by atoms with Gasteiger partial charge in [-0.25, -0.2) is 9.79 Å². The maximum absolute atomic E-state index is 12.1. The lowest BCUT2D eigenvalue weighted by atomic mass is 10.2. The Bertz CT molecular complexity index is 1040. The van der Waals surface area contributed by atoms with Crippen LogP contribution in [-0.4, -0.2) is 11.9 Å². The van der Waals surface area contributed by atoms with Gasteiger partial charge >= 0.3 is 5.97 Å². The van der Waals surface area contributed by atoms with E-state index in [1.165, 1.54) is 0 Å². The number of carbonyl (C=O) groups is 1. The Morgan fingerprint density at radius 2 is 1.64 bits per heavy atom. The molecule has 3 aromatic rings. The van der Waals surface area contributed by atoms with Gasteiger partial charge < -0.3 is 9.47 Å². The highest BCUT2D eigenvalue weighted by Crippen LogP contribution is 2.21. The first-order chi connectivity index (χ1) is 13.7. The van der Waals surface area contributed by atoms with Gasteiger partial charge in [0.1, 0.15) is 12.4 Å². The Balaban J connectivity index is 1.44. The zero-order valence-corrected chi connectivity index (χ0v) is 15.6. The molecule has 3 aromatic carbocycles. The molecule has 0 amide bonds. The van der Waals surface area contributed by atoms with Gasteiger partial charge in [-0.15, -0.1) is 0 Å². The molecule has 1 heterocycles. The van der Waals surface area contributed by atoms with Crippen LogP contribution in [0, 0.1) is 0 Å². The molecule has 4 nitrogen and oxygen atoms in total. The lowest BCUT2D eigenvalue weighted by Gasteiger charge is -2.06. The van der Waals surface area contributed by atoms with Crippen LogP contribution in [0.15, 0.2) is 89.6 Å². The van der Waals surface area contributed by atoms with Crippen LogP contribution in [0.3, 0.4) is 0 Å². The van der Waals surface area contributed by atoms with Gasteiger partial charge in [-0.05, 0) is 53.6 Å². The molecule has 0 aliphatic carbocycles. The maximum atomic E-state index is 12.1. The van der Waals surface area contributed by atoms with Crippen LogP contribution >= 0.6 is 11.6 Å². The molecule has 0 fully saturated rings. The molecule has 0 saturated carbocycles. The number of hydrogen-bond acceptors (Lipinski definition) is 4. The molecular weight excluding hydrogens is 374 g/mol. The summed E-state index contributed by atoms with van der Waals surface area (Å²) in [4.78, 5) is 16.4. The van der Waals surface area contributed by atoms with E-state index in [1.54, 1.807) is 6.08 Å². The van der Waals surface area contributed by atoms with Gasteiger partial charge in [0.05, 0.1) is 0 Å². The summed E-state index contributed by atoms with van der Waals surface area (Å²) in [5.74, 6) is 0.598. The molecule has 28 heavy (non-hydrogen) atoms. The van der Waals surface area contributed by atoms with E-state index >= 15 is 0 Å². The van der Waals surface area contributed by atoms with Gasteiger partial charge in [0, 0.05) is 10.6 Å². The van der Waals surface area contributed by atoms with Crippen molar-refractivity contribution in [3.63, 3.8) is 0 Å². The fourth-order valence-corrected chi connectivity index (χ4v) is 2.80. The minimum absolute atomic E-state index is 0.272. The zero-order valence-electron chi connectivity index (χ0n) is 14.8. The summed E-state index contributed by atoms with van der Waals surface area (Å²) in [6.45, 7) is 0.453. The summed E-state index contributed by atoms with van der Waals surface area (Å²) in [5, 5.41) is 0.699. The number of rotatable bonds is 5. The first kappa shape index (κ1) is 18.0. The number of hydrogen-bond donors (Lipinski definition) is 0. The van der Waals surface area contributed by atoms with Crippen molar-refractivity contribution in [1.29, 1.82) is 0 Å². The molecular formula is C23H16ClNO3. The fraction of sp³-hybridized carbons (Fsp3) is 0.0435. The number of nitrogens with zero attached hydrogens (tertiary/aromatic N) is 1. The smallest absolute Gasteiger partial charge is 0.363 e. The molecule has 0 saturated heterocycles. The molecule has 138 valence electrons. The molecule has 0 spiro atoms. The zero-order chi connectivity index (χ0) is 19.3. The van der Waals surface area contributed by atoms with Crippen LogP contribution in [0.5, 0.6) is 5.75 Å². The van der Waals surface area contributed by atoms with E-state index in [2.05, 4.69) is 4.99 Å². The van der Waals surface area contributed by atoms with Gasteiger partial charge in [-0.3, -0.25) is 0 Å². The van der Waals surface area contributed by atoms with Crippen molar-refractivity contribution < 1.29 is 14.3 Å². The van der Waals surface area contributed by atoms with Gasteiger partial charge in [0.15, 0.2) is 5.70 Å². The van der Waals surface area contributed by atoms with Crippen molar-refractivity contribution in [1.82, 2.24) is 0 Å². The minimum atomic E-state index is -0.457. The van der Waals surface area contributed by atoms with Crippen LogP contribution in [0.4, 0.5) is 0 Å². The second-order valence-electron chi connectivity index (χ2n) is 6.19. The van der Waals surface area contributed by atoms with E-state index in [4.69, 9.17) is 21.1 Å². The number of carbonyl (C=O) groups excluding carboxylic acids is 1. The normalized spacial score (nSPS) is 14.7. The van der Waals surface area contributed by atoms with Crippen molar-refractivity contribution in [3.8, 4) is 5.75 Å². The lowest BCUT2D eigenvalue weighted by molar-refractivity contribution is -0.129. The summed E-state index contributed by atoms with van der Waals surface area (Å²) in [7, 11) is 0. The predicted molar refractivity (Wildman–Crippen MR) is 109 cm³/mol. The van der Waals surface area contributed by atoms with Crippen molar-refractivity contribution >= 4 is 29.5 Å². The molecule has 1 aliphatic heterocycles. The van der Waals surface area contributed by atoms with Crippen LogP contribution in [-0.2, 0) is 16.1 Å². The summed E-state index contributed by atoms with van der Waals surface area (Å²) >= 11 is 5.88. The van der Waals surface area contributed by atoms with Gasteiger partial charge in [-0.2, -0.15) is 0 Å². The minimum Gasteiger partial charge on any atom is -0.489 e. The molecule has 0 radical (unpaired) electrons. The van der Waals surface area contributed by atoms with E-state index < -0.39 is 5.97 Å². The SMILES string of the molecule is O=C1OC(c2ccccc2)=NC1=Cc1ccc(OCc2ccc(Cl)cc2)cc1. The number of cyclic esters (lactones) is 1. The number of ether oxygens (including phenoxy) is 2. The summed E-state index contributed by atoms with van der Waals surface area (Å²) in [5.41, 5.74) is 2.91. The summed E-state index contributed by atoms with van der Waals surface area (Å²) in [6, 6.07) is 24.3. The van der Waals surface area contributed by atoms with Crippen LogP contribution in [0.1, 0.15) is 16.7 Å². The average molecular weight is 390 g/mol. The highest BCUT2D eigenvalue weighted by Gasteiger charge is 2.23. The largest absolute Gasteiger partial charge is 0.489 e. The number of esters is 1. The molecule has 0 unspecified atom stereocenters. The second kappa shape index (κ2) is 8.11. The van der Waals surface area contributed by atoms with Gasteiger partial charge in [0.2, 0.25) is 5.90 Å². The van der Waals surface area contributed by atoms with Gasteiger partial charge in [0.25, 0.3) is 0 Å². The quantitative estimate of drug-likeness (QED) is 0.441. The summed E-state index contributed by atoms with van der Waals surface area (Å²) in [6.07, 6.45) is 1.70. The molecule has 0 bridgehead atoms. The Hall–Kier alpha value is -3.37. The van der Waals surface area contributed by atoms with E-state index in [0.717, 1.165) is 22.4 Å². The predicted octanol–water partition coefficient (Wildman–Crippen LogP) is 5.26. The van der Waals surface area contributed by atoms with Crippen molar-refractivity contribution in [3.05, 3.63) is 106 Å². The first-order valence-corrected chi connectivity index (χ1v) is 9.10.